The molecule has 0 heterocycles. The second-order valence-electron chi connectivity index (χ2n) is 6.46. The van der Waals surface area contributed by atoms with Gasteiger partial charge in [-0.2, -0.15) is 0 Å². The van der Waals surface area contributed by atoms with Crippen molar-refractivity contribution < 1.29 is 39.1 Å². The Labute approximate surface area is 168 Å². The summed E-state index contributed by atoms with van der Waals surface area (Å²) in [5, 5.41) is 30.9. The SMILES string of the molecule is NCC(F)CCN(O)C(=O)CCC(=O)NCCCCCN(O)C(=O)CCC(=O)O. The zero-order valence-electron chi connectivity index (χ0n) is 16.4. The number of unbranched alkanes of at least 4 members (excludes halogenated alkanes) is 2. The first kappa shape index (κ1) is 26.7. The molecule has 0 saturated carbocycles. The van der Waals surface area contributed by atoms with E-state index >= 15 is 0 Å². The number of carbonyl (C=O) groups excluding carboxylic acids is 3. The molecule has 0 radical (unpaired) electrons. The maximum Gasteiger partial charge on any atom is 0.303 e. The van der Waals surface area contributed by atoms with Crippen LogP contribution in [-0.4, -0.2) is 81.7 Å². The average molecular weight is 422 g/mol. The molecular formula is C17H31FN4O7. The third-order valence-corrected chi connectivity index (χ3v) is 3.97. The fourth-order valence-corrected chi connectivity index (χ4v) is 2.20. The van der Waals surface area contributed by atoms with Gasteiger partial charge in [-0.15, -0.1) is 0 Å². The van der Waals surface area contributed by atoms with E-state index in [0.717, 1.165) is 0 Å². The number of nitrogens with one attached hydrogen (secondary N) is 1. The van der Waals surface area contributed by atoms with Crippen LogP contribution < -0.4 is 11.1 Å². The minimum atomic E-state index is -1.30. The van der Waals surface area contributed by atoms with E-state index in [2.05, 4.69) is 5.32 Å². The van der Waals surface area contributed by atoms with Crippen LogP contribution in [0.5, 0.6) is 0 Å². The van der Waals surface area contributed by atoms with Crippen molar-refractivity contribution in [1.29, 1.82) is 0 Å². The highest BCUT2D eigenvalue weighted by Crippen LogP contribution is 2.02. The zero-order chi connectivity index (χ0) is 22.2. The van der Waals surface area contributed by atoms with Crippen LogP contribution in [-0.2, 0) is 19.2 Å². The lowest BCUT2D eigenvalue weighted by molar-refractivity contribution is -0.167. The van der Waals surface area contributed by atoms with Gasteiger partial charge in [-0.3, -0.25) is 29.6 Å². The molecule has 0 rings (SSSR count). The van der Waals surface area contributed by atoms with Crippen molar-refractivity contribution >= 4 is 23.7 Å². The lowest BCUT2D eigenvalue weighted by atomic mass is 10.2. The fourth-order valence-electron chi connectivity index (χ4n) is 2.20. The van der Waals surface area contributed by atoms with Gasteiger partial charge in [-0.1, -0.05) is 0 Å². The van der Waals surface area contributed by atoms with Crippen LogP contribution in [0.3, 0.4) is 0 Å². The van der Waals surface area contributed by atoms with E-state index in [4.69, 9.17) is 10.8 Å². The van der Waals surface area contributed by atoms with Gasteiger partial charge in [0.05, 0.1) is 13.0 Å². The van der Waals surface area contributed by atoms with Gasteiger partial charge in [0.25, 0.3) is 0 Å². The van der Waals surface area contributed by atoms with Crippen LogP contribution in [0.4, 0.5) is 4.39 Å². The number of amides is 3. The van der Waals surface area contributed by atoms with Gasteiger partial charge in [0.2, 0.25) is 17.7 Å². The quantitative estimate of drug-likeness (QED) is 0.132. The molecule has 0 saturated heterocycles. The molecule has 0 aromatic rings. The van der Waals surface area contributed by atoms with Crippen molar-refractivity contribution in [3.05, 3.63) is 0 Å². The Morgan fingerprint density at radius 2 is 1.48 bits per heavy atom. The molecule has 0 aromatic carbocycles. The lowest BCUT2D eigenvalue weighted by Crippen LogP contribution is -2.32. The Morgan fingerprint density at radius 3 is 2.07 bits per heavy atom. The smallest absolute Gasteiger partial charge is 0.303 e. The van der Waals surface area contributed by atoms with Crippen molar-refractivity contribution in [3.63, 3.8) is 0 Å². The van der Waals surface area contributed by atoms with Gasteiger partial charge < -0.3 is 16.2 Å². The number of nitrogens with two attached hydrogens (primary N) is 1. The summed E-state index contributed by atoms with van der Waals surface area (Å²) in [5.41, 5.74) is 5.10. The van der Waals surface area contributed by atoms with Crippen molar-refractivity contribution in [1.82, 2.24) is 15.4 Å². The average Bonchev–Trinajstić information content (AvgIpc) is 2.69. The third-order valence-electron chi connectivity index (χ3n) is 3.97. The van der Waals surface area contributed by atoms with Crippen LogP contribution in [0.25, 0.3) is 0 Å². The highest BCUT2D eigenvalue weighted by Gasteiger charge is 2.15. The normalized spacial score (nSPS) is 11.6. The van der Waals surface area contributed by atoms with Gasteiger partial charge in [0, 0.05) is 38.9 Å². The summed E-state index contributed by atoms with van der Waals surface area (Å²) in [5.74, 6) is -2.83. The summed E-state index contributed by atoms with van der Waals surface area (Å²) in [6.07, 6.45) is -0.660. The summed E-state index contributed by atoms with van der Waals surface area (Å²) in [4.78, 5) is 45.0. The van der Waals surface area contributed by atoms with Crippen molar-refractivity contribution in [3.8, 4) is 0 Å². The summed E-state index contributed by atoms with van der Waals surface area (Å²) in [6.45, 7) is 0.0206. The molecule has 0 bridgehead atoms. The van der Waals surface area contributed by atoms with E-state index in [1.165, 1.54) is 0 Å². The van der Waals surface area contributed by atoms with Gasteiger partial charge in [-0.25, -0.2) is 14.5 Å². The van der Waals surface area contributed by atoms with E-state index in [9.17, 15) is 34.0 Å². The highest BCUT2D eigenvalue weighted by molar-refractivity contribution is 5.83. The van der Waals surface area contributed by atoms with Crippen LogP contribution in [0.1, 0.15) is 51.4 Å². The second-order valence-corrected chi connectivity index (χ2v) is 6.46. The maximum atomic E-state index is 13.0. The Bertz CT molecular complexity index is 536. The number of alkyl halides is 1. The van der Waals surface area contributed by atoms with Crippen molar-refractivity contribution in [2.75, 3.05) is 26.2 Å². The Hall–Kier alpha value is -2.31. The summed E-state index contributed by atoms with van der Waals surface area (Å²) in [7, 11) is 0. The molecule has 0 spiro atoms. The maximum absolute atomic E-state index is 13.0. The number of hydroxylamine groups is 4. The Balaban J connectivity index is 3.75. The molecule has 29 heavy (non-hydrogen) atoms. The van der Waals surface area contributed by atoms with Gasteiger partial charge in [0.1, 0.15) is 6.17 Å². The zero-order valence-corrected chi connectivity index (χ0v) is 16.4. The third kappa shape index (κ3) is 14.4. The second kappa shape index (κ2) is 15.6. The molecule has 0 fully saturated rings. The topological polar surface area (TPSA) is 173 Å². The van der Waals surface area contributed by atoms with E-state index in [0.29, 0.717) is 35.9 Å². The van der Waals surface area contributed by atoms with Gasteiger partial charge >= 0.3 is 5.97 Å². The first-order valence-corrected chi connectivity index (χ1v) is 9.48. The first-order chi connectivity index (χ1) is 13.7. The number of aliphatic carboxylic acids is 1. The van der Waals surface area contributed by atoms with Gasteiger partial charge in [0.15, 0.2) is 0 Å². The van der Waals surface area contributed by atoms with Gasteiger partial charge in [-0.05, 0) is 25.7 Å². The number of carboxylic acids is 1. The van der Waals surface area contributed by atoms with E-state index in [1.54, 1.807) is 0 Å². The number of nitrogens with zero attached hydrogens (tertiary/aromatic N) is 2. The summed E-state index contributed by atoms with van der Waals surface area (Å²) in [6, 6.07) is 0. The first-order valence-electron chi connectivity index (χ1n) is 9.48. The lowest BCUT2D eigenvalue weighted by Gasteiger charge is -2.16. The minimum absolute atomic E-state index is 0.0666. The largest absolute Gasteiger partial charge is 0.481 e. The standard InChI is InChI=1S/C17H31FN4O7/c18-13(12-19)8-11-22(29)15(24)5-4-14(23)20-9-2-1-3-10-21(28)16(25)6-7-17(26)27/h13,28-29H,1-12,19H2,(H,20,23)(H,26,27). The van der Waals surface area contributed by atoms with Crippen LogP contribution in [0, 0.1) is 0 Å². The molecule has 1 atom stereocenters. The molecule has 1 unspecified atom stereocenters. The van der Waals surface area contributed by atoms with Crippen molar-refractivity contribution in [2.45, 2.75) is 57.5 Å². The number of halogens is 1. The molecule has 0 aliphatic heterocycles. The fraction of sp³-hybridized carbons (Fsp3) is 0.765. The van der Waals surface area contributed by atoms with Crippen LogP contribution in [0.15, 0.2) is 0 Å². The molecule has 11 nitrogen and oxygen atoms in total. The summed E-state index contributed by atoms with van der Waals surface area (Å²) >= 11 is 0. The Morgan fingerprint density at radius 1 is 0.897 bits per heavy atom. The number of hydrogen-bond donors (Lipinski definition) is 5. The molecule has 168 valence electrons. The number of rotatable bonds is 16. The number of carbonyl (C=O) groups is 4. The highest BCUT2D eigenvalue weighted by atomic mass is 19.1. The van der Waals surface area contributed by atoms with Crippen LogP contribution in [0.2, 0.25) is 0 Å². The molecular weight excluding hydrogens is 391 g/mol. The molecule has 6 N–H and O–H groups in total. The van der Waals surface area contributed by atoms with Crippen molar-refractivity contribution in [2.24, 2.45) is 5.73 Å². The number of carboxylic acid groups (broad SMARTS) is 1. The van der Waals surface area contributed by atoms with E-state index in [-0.39, 0.29) is 57.6 Å². The predicted molar refractivity (Wildman–Crippen MR) is 98.5 cm³/mol. The molecule has 0 aliphatic rings. The molecule has 0 aromatic heterocycles. The molecule has 12 heteroatoms. The van der Waals surface area contributed by atoms with Crippen LogP contribution >= 0.6 is 0 Å². The monoisotopic (exact) mass is 422 g/mol. The number of hydrogen-bond acceptors (Lipinski definition) is 7. The summed E-state index contributed by atoms with van der Waals surface area (Å²) < 4.78 is 13.0. The predicted octanol–water partition coefficient (Wildman–Crippen LogP) is 0.0404. The Kier molecular flexibility index (Phi) is 14.4. The molecule has 0 aliphatic carbocycles. The molecule has 3 amide bonds. The van der Waals surface area contributed by atoms with E-state index < -0.39 is 24.0 Å². The minimum Gasteiger partial charge on any atom is -0.481 e. The van der Waals surface area contributed by atoms with E-state index in [1.807, 2.05) is 0 Å².